The van der Waals surface area contributed by atoms with Crippen molar-refractivity contribution in [1.82, 2.24) is 9.38 Å². The molecule has 0 aliphatic carbocycles. The van der Waals surface area contributed by atoms with Gasteiger partial charge >= 0.3 is 0 Å². The molecule has 1 aromatic carbocycles. The molecule has 3 rings (SSSR count). The summed E-state index contributed by atoms with van der Waals surface area (Å²) in [4.78, 5) is 20.9. The van der Waals surface area contributed by atoms with Crippen molar-refractivity contribution >= 4 is 30.3 Å². The number of hydrogen-bond acceptors (Lipinski definition) is 5. The Morgan fingerprint density at radius 2 is 1.88 bits per heavy atom. The van der Waals surface area contributed by atoms with Crippen molar-refractivity contribution in [2.75, 3.05) is 18.1 Å². The molecule has 2 heterocycles. The quantitative estimate of drug-likeness (QED) is 0.304. The predicted molar refractivity (Wildman–Crippen MR) is 139 cm³/mol. The van der Waals surface area contributed by atoms with E-state index in [9.17, 15) is 9.18 Å². The van der Waals surface area contributed by atoms with E-state index in [1.165, 1.54) is 33.9 Å². The first-order chi connectivity index (χ1) is 15.8. The van der Waals surface area contributed by atoms with Crippen LogP contribution in [0.2, 0.25) is 18.1 Å². The number of benzene rings is 1. The van der Waals surface area contributed by atoms with Crippen molar-refractivity contribution < 1.29 is 13.2 Å². The smallest absolute Gasteiger partial charge is 0.259 e. The zero-order valence-corrected chi connectivity index (χ0v) is 22.9. The van der Waals surface area contributed by atoms with Crippen LogP contribution in [0.15, 0.2) is 35.1 Å². The van der Waals surface area contributed by atoms with Crippen LogP contribution in [0.25, 0.3) is 4.96 Å². The summed E-state index contributed by atoms with van der Waals surface area (Å²) in [6.07, 6.45) is -1.11. The Kier molecular flexibility index (Phi) is 7.99. The van der Waals surface area contributed by atoms with Gasteiger partial charge in [-0.15, -0.1) is 11.3 Å². The molecule has 1 atom stereocenters. The Bertz CT molecular complexity index is 1190. The lowest BCUT2D eigenvalue weighted by Crippen LogP contribution is -2.41. The maximum absolute atomic E-state index is 15.3. The van der Waals surface area contributed by atoms with Crippen LogP contribution in [-0.2, 0) is 11.0 Å². The Morgan fingerprint density at radius 3 is 2.47 bits per heavy atom. The number of halogens is 2. The van der Waals surface area contributed by atoms with Gasteiger partial charge < -0.3 is 9.33 Å². The molecule has 0 spiro atoms. The van der Waals surface area contributed by atoms with Crippen LogP contribution in [0.1, 0.15) is 56.6 Å². The molecule has 0 saturated heterocycles. The van der Waals surface area contributed by atoms with Gasteiger partial charge in [-0.3, -0.25) is 9.20 Å². The SMILES string of the molecule is CCN(Cc1cc(=O)n2c(C(F)CCO[Si](C)(C)C(C)(C)C)c(C)sc2n1)c1ccc(F)cc1. The third-order valence-corrected chi connectivity index (χ3v) is 12.2. The van der Waals surface area contributed by atoms with Crippen LogP contribution in [0.3, 0.4) is 0 Å². The number of rotatable bonds is 9. The minimum atomic E-state index is -1.96. The summed E-state index contributed by atoms with van der Waals surface area (Å²) in [6.45, 7) is 16.0. The summed E-state index contributed by atoms with van der Waals surface area (Å²) in [7, 11) is -1.96. The highest BCUT2D eigenvalue weighted by Gasteiger charge is 2.37. The first-order valence-electron chi connectivity index (χ1n) is 11.6. The second-order valence-corrected chi connectivity index (χ2v) is 16.1. The van der Waals surface area contributed by atoms with Crippen molar-refractivity contribution in [3.8, 4) is 0 Å². The van der Waals surface area contributed by atoms with Gasteiger partial charge in [0.25, 0.3) is 5.56 Å². The molecule has 0 N–H and O–H groups in total. The second kappa shape index (κ2) is 10.3. The molecule has 9 heteroatoms. The third-order valence-electron chi connectivity index (χ3n) is 6.65. The van der Waals surface area contributed by atoms with Gasteiger partial charge in [0.2, 0.25) is 0 Å². The highest BCUT2D eigenvalue weighted by atomic mass is 32.1. The number of thiazole rings is 1. The average Bonchev–Trinajstić information content (AvgIpc) is 3.08. The van der Waals surface area contributed by atoms with Crippen molar-refractivity contribution in [3.05, 3.63) is 62.8 Å². The van der Waals surface area contributed by atoms with Crippen LogP contribution >= 0.6 is 11.3 Å². The van der Waals surface area contributed by atoms with Gasteiger partial charge in [-0.1, -0.05) is 20.8 Å². The first-order valence-corrected chi connectivity index (χ1v) is 15.4. The van der Waals surface area contributed by atoms with E-state index in [0.29, 0.717) is 36.0 Å². The highest BCUT2D eigenvalue weighted by Crippen LogP contribution is 2.37. The number of alkyl halides is 1. The summed E-state index contributed by atoms with van der Waals surface area (Å²) >= 11 is 1.32. The normalized spacial score (nSPS) is 13.4. The molecule has 0 saturated carbocycles. The fraction of sp³-hybridized carbons (Fsp3) is 0.520. The molecular weight excluding hydrogens is 472 g/mol. The number of aryl methyl sites for hydroxylation is 1. The van der Waals surface area contributed by atoms with E-state index in [2.05, 4.69) is 38.8 Å². The van der Waals surface area contributed by atoms with Gasteiger partial charge in [0.1, 0.15) is 12.0 Å². The lowest BCUT2D eigenvalue weighted by Gasteiger charge is -2.36. The summed E-state index contributed by atoms with van der Waals surface area (Å²) in [5.74, 6) is -0.297. The van der Waals surface area contributed by atoms with E-state index < -0.39 is 14.5 Å². The van der Waals surface area contributed by atoms with E-state index in [0.717, 1.165) is 10.6 Å². The van der Waals surface area contributed by atoms with Crippen LogP contribution in [0, 0.1) is 12.7 Å². The Balaban J connectivity index is 1.81. The van der Waals surface area contributed by atoms with Gasteiger partial charge in [0.15, 0.2) is 13.3 Å². The Hall–Kier alpha value is -2.10. The maximum atomic E-state index is 15.3. The van der Waals surface area contributed by atoms with Crippen molar-refractivity contribution in [1.29, 1.82) is 0 Å². The zero-order chi connectivity index (χ0) is 25.3. The van der Waals surface area contributed by atoms with Crippen LogP contribution in [-0.4, -0.2) is 30.9 Å². The molecule has 5 nitrogen and oxygen atoms in total. The van der Waals surface area contributed by atoms with E-state index in [-0.39, 0.29) is 22.8 Å². The van der Waals surface area contributed by atoms with E-state index >= 15 is 4.39 Å². The van der Waals surface area contributed by atoms with Gasteiger partial charge in [-0.2, -0.15) is 0 Å². The number of nitrogens with zero attached hydrogens (tertiary/aromatic N) is 3. The van der Waals surface area contributed by atoms with Crippen molar-refractivity contribution in [2.24, 2.45) is 0 Å². The van der Waals surface area contributed by atoms with Crippen LogP contribution < -0.4 is 10.5 Å². The molecule has 0 amide bonds. The standard InChI is InChI=1S/C25H35F2N3O2SSi/c1-8-29(20-11-9-18(26)10-12-20)16-19-15-22(31)30-23(17(2)33-24(30)28-19)21(27)13-14-32-34(6,7)25(3,4)5/h9-12,15,21H,8,13-14,16H2,1-7H3. The van der Waals surface area contributed by atoms with Crippen LogP contribution in [0.4, 0.5) is 14.5 Å². The fourth-order valence-electron chi connectivity index (χ4n) is 3.59. The van der Waals surface area contributed by atoms with E-state index in [4.69, 9.17) is 4.43 Å². The van der Waals surface area contributed by atoms with E-state index in [1.54, 1.807) is 12.1 Å². The minimum Gasteiger partial charge on any atom is -0.417 e. The molecule has 3 aromatic rings. The summed E-state index contributed by atoms with van der Waals surface area (Å²) < 4.78 is 36.2. The molecule has 0 bridgehead atoms. The van der Waals surface area contributed by atoms with Crippen LogP contribution in [0.5, 0.6) is 0 Å². The molecule has 0 aliphatic heterocycles. The average molecular weight is 508 g/mol. The largest absolute Gasteiger partial charge is 0.417 e. The maximum Gasteiger partial charge on any atom is 0.259 e. The predicted octanol–water partition coefficient (Wildman–Crippen LogP) is 6.65. The second-order valence-electron chi connectivity index (χ2n) is 10.1. The van der Waals surface area contributed by atoms with Gasteiger partial charge in [-0.25, -0.2) is 13.8 Å². The first kappa shape index (κ1) is 26.5. The molecule has 0 aliphatic rings. The van der Waals surface area contributed by atoms with E-state index in [1.807, 2.05) is 18.7 Å². The van der Waals surface area contributed by atoms with Gasteiger partial charge in [-0.05, 0) is 56.2 Å². The highest BCUT2D eigenvalue weighted by molar-refractivity contribution is 7.17. The topological polar surface area (TPSA) is 46.8 Å². The zero-order valence-electron chi connectivity index (χ0n) is 21.1. The van der Waals surface area contributed by atoms with Crippen molar-refractivity contribution in [3.63, 3.8) is 0 Å². The minimum absolute atomic E-state index is 0.0569. The molecule has 1 unspecified atom stereocenters. The van der Waals surface area contributed by atoms with Gasteiger partial charge in [0.05, 0.1) is 17.9 Å². The Labute approximate surface area is 205 Å². The lowest BCUT2D eigenvalue weighted by atomic mass is 10.2. The monoisotopic (exact) mass is 507 g/mol. The fourth-order valence-corrected chi connectivity index (χ4v) is 5.69. The molecule has 186 valence electrons. The number of fused-ring (bicyclic) bond motifs is 1. The number of hydrogen-bond donors (Lipinski definition) is 0. The Morgan fingerprint density at radius 1 is 1.24 bits per heavy atom. The van der Waals surface area contributed by atoms with Crippen molar-refractivity contribution in [2.45, 2.75) is 71.9 Å². The summed E-state index contributed by atoms with van der Waals surface area (Å²) in [6, 6.07) is 7.70. The summed E-state index contributed by atoms with van der Waals surface area (Å²) in [5.41, 5.74) is 1.52. The number of anilines is 1. The molecule has 0 fully saturated rings. The number of aromatic nitrogens is 2. The molecular formula is C25H35F2N3O2SSi. The third kappa shape index (κ3) is 5.75. The molecule has 2 aromatic heterocycles. The van der Waals surface area contributed by atoms with Gasteiger partial charge in [0, 0.05) is 36.2 Å². The lowest BCUT2D eigenvalue weighted by molar-refractivity contribution is 0.219. The summed E-state index contributed by atoms with van der Waals surface area (Å²) in [5, 5.41) is 0.0569. The molecule has 34 heavy (non-hydrogen) atoms. The molecule has 0 radical (unpaired) electrons.